The van der Waals surface area contributed by atoms with Crippen LogP contribution in [0, 0.1) is 11.3 Å². The average Bonchev–Trinajstić information content (AvgIpc) is 2.46. The number of methoxy groups -OCH3 is 1. The molecular formula is C15H21NO3. The lowest BCUT2D eigenvalue weighted by molar-refractivity contribution is 0.0396. The molecule has 4 nitrogen and oxygen atoms in total. The minimum atomic E-state index is 0.482. The van der Waals surface area contributed by atoms with Gasteiger partial charge in [0.1, 0.15) is 11.8 Å². The molecule has 0 aliphatic carbocycles. The average molecular weight is 263 g/mol. The summed E-state index contributed by atoms with van der Waals surface area (Å²) in [6.45, 7) is 4.59. The van der Waals surface area contributed by atoms with Crippen LogP contribution in [0.3, 0.4) is 0 Å². The van der Waals surface area contributed by atoms with Gasteiger partial charge in [-0.05, 0) is 24.1 Å². The Kier molecular flexibility index (Phi) is 7.64. The van der Waals surface area contributed by atoms with E-state index in [9.17, 15) is 0 Å². The van der Waals surface area contributed by atoms with E-state index in [2.05, 4.69) is 13.0 Å². The van der Waals surface area contributed by atoms with E-state index in [1.54, 1.807) is 19.2 Å². The van der Waals surface area contributed by atoms with Crippen LogP contribution in [0.25, 0.3) is 0 Å². The smallest absolute Gasteiger partial charge is 0.136 e. The Balaban J connectivity index is 2.28. The van der Waals surface area contributed by atoms with Gasteiger partial charge in [0.25, 0.3) is 0 Å². The first kappa shape index (κ1) is 15.5. The third kappa shape index (κ3) is 5.73. The minimum absolute atomic E-state index is 0.482. The number of unbranched alkanes of at least 4 members (excludes halogenated alkanes) is 1. The molecule has 0 aliphatic heterocycles. The monoisotopic (exact) mass is 263 g/mol. The van der Waals surface area contributed by atoms with Crippen molar-refractivity contribution in [3.8, 4) is 11.8 Å². The molecule has 19 heavy (non-hydrogen) atoms. The molecule has 0 aromatic heterocycles. The molecule has 0 atom stereocenters. The van der Waals surface area contributed by atoms with Crippen LogP contribution in [-0.2, 0) is 16.1 Å². The molecule has 1 aromatic carbocycles. The highest BCUT2D eigenvalue weighted by atomic mass is 16.5. The number of hydrogen-bond acceptors (Lipinski definition) is 4. The van der Waals surface area contributed by atoms with E-state index in [-0.39, 0.29) is 0 Å². The van der Waals surface area contributed by atoms with Gasteiger partial charge in [-0.2, -0.15) is 5.26 Å². The third-order valence-corrected chi connectivity index (χ3v) is 2.67. The van der Waals surface area contributed by atoms with Gasteiger partial charge in [-0.1, -0.05) is 19.4 Å². The van der Waals surface area contributed by atoms with Crippen LogP contribution in [0.15, 0.2) is 18.2 Å². The zero-order valence-corrected chi connectivity index (χ0v) is 11.6. The van der Waals surface area contributed by atoms with E-state index in [0.29, 0.717) is 31.1 Å². The highest BCUT2D eigenvalue weighted by Gasteiger charge is 2.03. The van der Waals surface area contributed by atoms with Crippen molar-refractivity contribution >= 4 is 0 Å². The summed E-state index contributed by atoms with van der Waals surface area (Å²) in [6.07, 6.45) is 2.23. The predicted molar refractivity (Wildman–Crippen MR) is 73.1 cm³/mol. The lowest BCUT2D eigenvalue weighted by Gasteiger charge is -2.07. The second-order valence-electron chi connectivity index (χ2n) is 4.16. The summed E-state index contributed by atoms with van der Waals surface area (Å²) in [5, 5.41) is 8.98. The minimum Gasteiger partial charge on any atom is -0.495 e. The Labute approximate surface area is 114 Å². The summed E-state index contributed by atoms with van der Waals surface area (Å²) >= 11 is 0. The molecule has 1 rings (SSSR count). The molecule has 0 unspecified atom stereocenters. The van der Waals surface area contributed by atoms with Gasteiger partial charge in [-0.3, -0.25) is 0 Å². The van der Waals surface area contributed by atoms with Crippen molar-refractivity contribution in [2.24, 2.45) is 0 Å². The molecule has 0 amide bonds. The zero-order chi connectivity index (χ0) is 13.9. The van der Waals surface area contributed by atoms with Crippen LogP contribution in [0.2, 0.25) is 0 Å². The highest BCUT2D eigenvalue weighted by Crippen LogP contribution is 2.19. The molecule has 4 heteroatoms. The van der Waals surface area contributed by atoms with Crippen LogP contribution >= 0.6 is 0 Å². The Morgan fingerprint density at radius 1 is 1.16 bits per heavy atom. The highest BCUT2D eigenvalue weighted by molar-refractivity contribution is 5.45. The van der Waals surface area contributed by atoms with Crippen LogP contribution < -0.4 is 4.74 Å². The number of nitrogens with zero attached hydrogens (tertiary/aromatic N) is 1. The topological polar surface area (TPSA) is 51.5 Å². The quantitative estimate of drug-likeness (QED) is 0.643. The molecule has 104 valence electrons. The summed E-state index contributed by atoms with van der Waals surface area (Å²) in [6, 6.07) is 7.58. The first-order valence-electron chi connectivity index (χ1n) is 6.54. The van der Waals surface area contributed by atoms with Crippen LogP contribution in [0.4, 0.5) is 0 Å². The largest absolute Gasteiger partial charge is 0.495 e. The van der Waals surface area contributed by atoms with E-state index in [0.717, 1.165) is 25.0 Å². The van der Waals surface area contributed by atoms with E-state index >= 15 is 0 Å². The third-order valence-electron chi connectivity index (χ3n) is 2.67. The molecule has 0 saturated carbocycles. The van der Waals surface area contributed by atoms with Crippen LogP contribution in [0.1, 0.15) is 30.9 Å². The zero-order valence-electron chi connectivity index (χ0n) is 11.6. The summed E-state index contributed by atoms with van der Waals surface area (Å²) in [5.41, 5.74) is 1.49. The Bertz CT molecular complexity index is 412. The van der Waals surface area contributed by atoms with Gasteiger partial charge in [0.15, 0.2) is 0 Å². The number of rotatable bonds is 9. The summed E-state index contributed by atoms with van der Waals surface area (Å²) in [7, 11) is 1.56. The fourth-order valence-corrected chi connectivity index (χ4v) is 1.59. The fourth-order valence-electron chi connectivity index (χ4n) is 1.59. The Morgan fingerprint density at radius 2 is 1.95 bits per heavy atom. The van der Waals surface area contributed by atoms with Crippen molar-refractivity contribution in [1.82, 2.24) is 0 Å². The maximum atomic E-state index is 8.98. The van der Waals surface area contributed by atoms with E-state index in [4.69, 9.17) is 19.5 Å². The van der Waals surface area contributed by atoms with Crippen molar-refractivity contribution in [3.05, 3.63) is 29.3 Å². The van der Waals surface area contributed by atoms with Crippen molar-refractivity contribution in [1.29, 1.82) is 5.26 Å². The van der Waals surface area contributed by atoms with Crippen molar-refractivity contribution in [3.63, 3.8) is 0 Å². The number of ether oxygens (including phenoxy) is 3. The van der Waals surface area contributed by atoms with Crippen molar-refractivity contribution in [2.45, 2.75) is 26.4 Å². The molecule has 0 aliphatic rings. The van der Waals surface area contributed by atoms with E-state index in [1.165, 1.54) is 0 Å². The summed E-state index contributed by atoms with van der Waals surface area (Å²) in [5.74, 6) is 0.592. The van der Waals surface area contributed by atoms with Gasteiger partial charge in [-0.15, -0.1) is 0 Å². The summed E-state index contributed by atoms with van der Waals surface area (Å²) < 4.78 is 16.0. The lowest BCUT2D eigenvalue weighted by atomic mass is 10.1. The fraction of sp³-hybridized carbons (Fsp3) is 0.533. The van der Waals surface area contributed by atoms with Crippen molar-refractivity contribution in [2.75, 3.05) is 26.9 Å². The molecule has 0 N–H and O–H groups in total. The van der Waals surface area contributed by atoms with Gasteiger partial charge in [0.2, 0.25) is 0 Å². The lowest BCUT2D eigenvalue weighted by Crippen LogP contribution is -2.05. The molecule has 1 aromatic rings. The van der Waals surface area contributed by atoms with Gasteiger partial charge in [-0.25, -0.2) is 0 Å². The number of hydrogen-bond donors (Lipinski definition) is 0. The first-order valence-corrected chi connectivity index (χ1v) is 6.54. The SMILES string of the molecule is CCCCOCCOCc1ccc(OC)c(C#N)c1. The van der Waals surface area contributed by atoms with Crippen LogP contribution in [0.5, 0.6) is 5.75 Å². The molecule has 0 fully saturated rings. The molecule has 0 radical (unpaired) electrons. The predicted octanol–water partition coefficient (Wildman–Crippen LogP) is 2.90. The molecule has 0 bridgehead atoms. The Morgan fingerprint density at radius 3 is 2.63 bits per heavy atom. The van der Waals surface area contributed by atoms with E-state index < -0.39 is 0 Å². The van der Waals surface area contributed by atoms with Crippen LogP contribution in [-0.4, -0.2) is 26.9 Å². The molecule has 0 saturated heterocycles. The second-order valence-corrected chi connectivity index (χ2v) is 4.16. The van der Waals surface area contributed by atoms with Gasteiger partial charge < -0.3 is 14.2 Å². The van der Waals surface area contributed by atoms with E-state index in [1.807, 2.05) is 6.07 Å². The standard InChI is InChI=1S/C15H21NO3/c1-3-4-7-18-8-9-19-12-13-5-6-15(17-2)14(10-13)11-16/h5-6,10H,3-4,7-9,12H2,1-2H3. The van der Waals surface area contributed by atoms with Gasteiger partial charge in [0.05, 0.1) is 32.5 Å². The van der Waals surface area contributed by atoms with Gasteiger partial charge in [0, 0.05) is 6.61 Å². The number of nitriles is 1. The van der Waals surface area contributed by atoms with Gasteiger partial charge >= 0.3 is 0 Å². The maximum Gasteiger partial charge on any atom is 0.136 e. The second kappa shape index (κ2) is 9.37. The molecule has 0 spiro atoms. The number of benzene rings is 1. The van der Waals surface area contributed by atoms with Crippen molar-refractivity contribution < 1.29 is 14.2 Å². The molecular weight excluding hydrogens is 242 g/mol. The Hall–Kier alpha value is -1.57. The normalized spacial score (nSPS) is 10.2. The summed E-state index contributed by atoms with van der Waals surface area (Å²) in [4.78, 5) is 0. The molecule has 0 heterocycles. The first-order chi connectivity index (χ1) is 9.31. The maximum absolute atomic E-state index is 8.98.